The van der Waals surface area contributed by atoms with Crippen LogP contribution in [0.5, 0.6) is 0 Å². The first kappa shape index (κ1) is 13.2. The van der Waals surface area contributed by atoms with Crippen LogP contribution in [0.15, 0.2) is 24.3 Å². The molecule has 92 valence electrons. The van der Waals surface area contributed by atoms with E-state index < -0.39 is 5.97 Å². The van der Waals surface area contributed by atoms with Crippen molar-refractivity contribution in [2.75, 3.05) is 6.61 Å². The summed E-state index contributed by atoms with van der Waals surface area (Å²) in [5, 5.41) is 20.3. The Bertz CT molecular complexity index is 417. The Hall–Kier alpha value is -1.88. The summed E-state index contributed by atoms with van der Waals surface area (Å²) in [6.45, 7) is 1.52. The molecule has 0 aliphatic heterocycles. The number of nitrogens with one attached hydrogen (secondary N) is 1. The van der Waals surface area contributed by atoms with Crippen molar-refractivity contribution in [2.45, 2.75) is 19.4 Å². The van der Waals surface area contributed by atoms with Crippen LogP contribution in [0.2, 0.25) is 0 Å². The predicted octanol–water partition coefficient (Wildman–Crippen LogP) is 0.424. The van der Waals surface area contributed by atoms with E-state index in [9.17, 15) is 9.59 Å². The molecule has 5 nitrogen and oxygen atoms in total. The molecule has 5 heteroatoms. The fourth-order valence-electron chi connectivity index (χ4n) is 1.43. The smallest absolute Gasteiger partial charge is 0.335 e. The molecule has 0 aliphatic carbocycles. The lowest BCUT2D eigenvalue weighted by molar-refractivity contribution is -0.121. The van der Waals surface area contributed by atoms with Crippen LogP contribution in [-0.2, 0) is 11.2 Å². The van der Waals surface area contributed by atoms with Crippen LogP contribution in [0.4, 0.5) is 0 Å². The molecule has 0 unspecified atom stereocenters. The zero-order valence-corrected chi connectivity index (χ0v) is 9.51. The number of carboxylic acid groups (broad SMARTS) is 1. The third-order valence-corrected chi connectivity index (χ3v) is 2.28. The molecule has 1 atom stereocenters. The second kappa shape index (κ2) is 6.00. The number of aliphatic hydroxyl groups excluding tert-OH is 1. The molecule has 1 rings (SSSR count). The van der Waals surface area contributed by atoms with E-state index in [4.69, 9.17) is 10.2 Å². The number of carbonyl (C=O) groups is 2. The fourth-order valence-corrected chi connectivity index (χ4v) is 1.43. The van der Waals surface area contributed by atoms with Gasteiger partial charge in [-0.05, 0) is 18.6 Å². The van der Waals surface area contributed by atoms with Crippen molar-refractivity contribution in [1.82, 2.24) is 5.32 Å². The van der Waals surface area contributed by atoms with Gasteiger partial charge in [-0.2, -0.15) is 0 Å². The van der Waals surface area contributed by atoms with Crippen molar-refractivity contribution in [3.63, 3.8) is 0 Å². The van der Waals surface area contributed by atoms with Crippen LogP contribution in [0, 0.1) is 0 Å². The molecule has 1 amide bonds. The van der Waals surface area contributed by atoms with Gasteiger partial charge in [0.05, 0.1) is 18.6 Å². The molecule has 0 aromatic heterocycles. The van der Waals surface area contributed by atoms with Crippen molar-refractivity contribution < 1.29 is 19.8 Å². The zero-order valence-electron chi connectivity index (χ0n) is 9.51. The summed E-state index contributed by atoms with van der Waals surface area (Å²) in [6.07, 6.45) is -0.00713. The Morgan fingerprint density at radius 2 is 2.00 bits per heavy atom. The van der Waals surface area contributed by atoms with Gasteiger partial charge in [-0.25, -0.2) is 4.79 Å². The number of aromatic carboxylic acids is 1. The van der Waals surface area contributed by atoms with Crippen molar-refractivity contribution in [3.05, 3.63) is 35.4 Å². The topological polar surface area (TPSA) is 86.6 Å². The van der Waals surface area contributed by atoms with Gasteiger partial charge in [-0.3, -0.25) is 4.79 Å². The number of carbonyl (C=O) groups excluding carboxylic acids is 1. The molecule has 0 aliphatic rings. The van der Waals surface area contributed by atoms with Gasteiger partial charge in [-0.1, -0.05) is 18.2 Å². The molecule has 0 fully saturated rings. The molecule has 0 heterocycles. The van der Waals surface area contributed by atoms with Crippen LogP contribution < -0.4 is 5.32 Å². The Labute approximate surface area is 99.1 Å². The number of hydrogen-bond acceptors (Lipinski definition) is 3. The van der Waals surface area contributed by atoms with Crippen molar-refractivity contribution >= 4 is 11.9 Å². The van der Waals surface area contributed by atoms with Crippen molar-refractivity contribution in [3.8, 4) is 0 Å². The number of hydrogen-bond donors (Lipinski definition) is 3. The van der Waals surface area contributed by atoms with Gasteiger partial charge in [0.25, 0.3) is 0 Å². The maximum Gasteiger partial charge on any atom is 0.335 e. The van der Waals surface area contributed by atoms with Gasteiger partial charge in [0.2, 0.25) is 5.91 Å². The number of carboxylic acids is 1. The summed E-state index contributed by atoms with van der Waals surface area (Å²) in [7, 11) is 0. The van der Waals surface area contributed by atoms with Gasteiger partial charge in [0.1, 0.15) is 0 Å². The van der Waals surface area contributed by atoms with E-state index >= 15 is 0 Å². The normalized spacial score (nSPS) is 11.9. The second-order valence-corrected chi connectivity index (χ2v) is 3.79. The lowest BCUT2D eigenvalue weighted by Crippen LogP contribution is -2.36. The maximum atomic E-state index is 11.5. The van der Waals surface area contributed by atoms with Gasteiger partial charge < -0.3 is 15.5 Å². The summed E-state index contributed by atoms with van der Waals surface area (Å²) in [5.74, 6) is -1.36. The highest BCUT2D eigenvalue weighted by Crippen LogP contribution is 2.09. The summed E-state index contributed by atoms with van der Waals surface area (Å²) in [4.78, 5) is 22.5. The Morgan fingerprint density at radius 1 is 1.35 bits per heavy atom. The van der Waals surface area contributed by atoms with E-state index in [0.29, 0.717) is 5.56 Å². The molecule has 0 spiro atoms. The minimum absolute atomic E-state index is 0.00713. The fraction of sp³-hybridized carbons (Fsp3) is 0.333. The first-order chi connectivity index (χ1) is 8.04. The molecule has 0 saturated carbocycles. The monoisotopic (exact) mass is 237 g/mol. The number of amides is 1. The largest absolute Gasteiger partial charge is 0.478 e. The number of rotatable bonds is 5. The summed E-state index contributed by atoms with van der Waals surface area (Å²) >= 11 is 0. The van der Waals surface area contributed by atoms with E-state index in [0.717, 1.165) is 0 Å². The first-order valence-electron chi connectivity index (χ1n) is 5.26. The van der Waals surface area contributed by atoms with Crippen LogP contribution in [0.3, 0.4) is 0 Å². The summed E-state index contributed by atoms with van der Waals surface area (Å²) in [5.41, 5.74) is 0.585. The van der Waals surface area contributed by atoms with Crippen LogP contribution in [0.25, 0.3) is 0 Å². The van der Waals surface area contributed by atoms with Gasteiger partial charge in [0, 0.05) is 6.04 Å². The minimum atomic E-state index is -1.05. The van der Waals surface area contributed by atoms with Crippen molar-refractivity contribution in [1.29, 1.82) is 0 Å². The quantitative estimate of drug-likeness (QED) is 0.693. The summed E-state index contributed by atoms with van der Waals surface area (Å²) < 4.78 is 0. The standard InChI is InChI=1S/C12H15NO4/c1-8(7-14)13-11(15)6-9-4-2-3-5-10(9)12(16)17/h2-5,8,14H,6-7H2,1H3,(H,13,15)(H,16,17)/t8-/m0/s1. The first-order valence-corrected chi connectivity index (χ1v) is 5.26. The molecule has 0 bridgehead atoms. The molecule has 1 aromatic carbocycles. The van der Waals surface area contributed by atoms with E-state index in [-0.39, 0.29) is 30.5 Å². The third kappa shape index (κ3) is 3.88. The van der Waals surface area contributed by atoms with Gasteiger partial charge in [-0.15, -0.1) is 0 Å². The lowest BCUT2D eigenvalue weighted by atomic mass is 10.0. The third-order valence-electron chi connectivity index (χ3n) is 2.28. The molecule has 0 saturated heterocycles. The van der Waals surface area contributed by atoms with E-state index in [1.165, 1.54) is 6.07 Å². The predicted molar refractivity (Wildman–Crippen MR) is 61.8 cm³/mol. The number of benzene rings is 1. The molecule has 0 radical (unpaired) electrons. The highest BCUT2D eigenvalue weighted by Gasteiger charge is 2.13. The zero-order chi connectivity index (χ0) is 12.8. The summed E-state index contributed by atoms with van der Waals surface area (Å²) in [6, 6.07) is 6.03. The molecule has 1 aromatic rings. The maximum absolute atomic E-state index is 11.5. The van der Waals surface area contributed by atoms with E-state index in [1.54, 1.807) is 25.1 Å². The highest BCUT2D eigenvalue weighted by molar-refractivity contribution is 5.91. The molecule has 17 heavy (non-hydrogen) atoms. The van der Waals surface area contributed by atoms with Crippen molar-refractivity contribution in [2.24, 2.45) is 0 Å². The minimum Gasteiger partial charge on any atom is -0.478 e. The average Bonchev–Trinajstić information content (AvgIpc) is 2.29. The lowest BCUT2D eigenvalue weighted by Gasteiger charge is -2.11. The average molecular weight is 237 g/mol. The number of aliphatic hydroxyl groups is 1. The van der Waals surface area contributed by atoms with E-state index in [2.05, 4.69) is 5.32 Å². The molecular formula is C12H15NO4. The Morgan fingerprint density at radius 3 is 2.59 bits per heavy atom. The van der Waals surface area contributed by atoms with Crippen LogP contribution >= 0.6 is 0 Å². The van der Waals surface area contributed by atoms with Gasteiger partial charge >= 0.3 is 5.97 Å². The molecular weight excluding hydrogens is 222 g/mol. The SMILES string of the molecule is C[C@@H](CO)NC(=O)Cc1ccccc1C(=O)O. The second-order valence-electron chi connectivity index (χ2n) is 3.79. The Kier molecular flexibility index (Phi) is 4.66. The molecule has 3 N–H and O–H groups in total. The van der Waals surface area contributed by atoms with E-state index in [1.807, 2.05) is 0 Å². The Balaban J connectivity index is 2.74. The van der Waals surface area contributed by atoms with Gasteiger partial charge in [0.15, 0.2) is 0 Å². The van der Waals surface area contributed by atoms with Crippen LogP contribution in [-0.4, -0.2) is 34.7 Å². The highest BCUT2D eigenvalue weighted by atomic mass is 16.4. The van der Waals surface area contributed by atoms with Crippen LogP contribution in [0.1, 0.15) is 22.8 Å².